The fraction of sp³-hybridized carbons (Fsp3) is 0.333. The van der Waals surface area contributed by atoms with Gasteiger partial charge in [-0.3, -0.25) is 4.79 Å². The summed E-state index contributed by atoms with van der Waals surface area (Å²) in [7, 11) is -0.753. The molecule has 7 nitrogen and oxygen atoms in total. The Morgan fingerprint density at radius 1 is 1.10 bits per heavy atom. The Kier molecular flexibility index (Phi) is 6.20. The molecule has 152 valence electrons. The number of benzene rings is 2. The van der Waals surface area contributed by atoms with Gasteiger partial charge in [-0.15, -0.1) is 0 Å². The van der Waals surface area contributed by atoms with Crippen LogP contribution in [0.5, 0.6) is 0 Å². The third-order valence-corrected chi connectivity index (χ3v) is 6.75. The molecule has 2 aromatic rings. The van der Waals surface area contributed by atoms with E-state index in [-0.39, 0.29) is 4.90 Å². The number of amides is 1. The summed E-state index contributed by atoms with van der Waals surface area (Å²) in [5.74, 6) is -0.406. The van der Waals surface area contributed by atoms with Crippen LogP contribution in [0.25, 0.3) is 0 Å². The summed E-state index contributed by atoms with van der Waals surface area (Å²) in [5, 5.41) is 11.9. The highest BCUT2D eigenvalue weighted by Gasteiger charge is 2.24. The van der Waals surface area contributed by atoms with Crippen LogP contribution in [0.3, 0.4) is 0 Å². The summed E-state index contributed by atoms with van der Waals surface area (Å²) >= 11 is 0. The number of rotatable bonds is 5. The van der Waals surface area contributed by atoms with E-state index in [2.05, 4.69) is 10.2 Å². The Balaban J connectivity index is 2.02. The fourth-order valence-electron chi connectivity index (χ4n) is 3.34. The average Bonchev–Trinajstić information content (AvgIpc) is 2.74. The summed E-state index contributed by atoms with van der Waals surface area (Å²) < 4.78 is 26.3. The van der Waals surface area contributed by atoms with Gasteiger partial charge in [0.05, 0.1) is 22.1 Å². The molecule has 1 aliphatic rings. The first kappa shape index (κ1) is 20.8. The summed E-state index contributed by atoms with van der Waals surface area (Å²) in [5.41, 5.74) is 1.94. The Morgan fingerprint density at radius 3 is 2.48 bits per heavy atom. The number of carbonyl (C=O) groups is 1. The molecular formula is C21H24N4O3S. The zero-order valence-corrected chi connectivity index (χ0v) is 17.4. The maximum Gasteiger partial charge on any atom is 0.257 e. The molecule has 0 bridgehead atoms. The second-order valence-electron chi connectivity index (χ2n) is 7.16. The van der Waals surface area contributed by atoms with Gasteiger partial charge < -0.3 is 10.2 Å². The van der Waals surface area contributed by atoms with Crippen molar-refractivity contribution in [1.82, 2.24) is 4.31 Å². The van der Waals surface area contributed by atoms with Gasteiger partial charge in [0.25, 0.3) is 5.91 Å². The van der Waals surface area contributed by atoms with Crippen LogP contribution < -0.4 is 10.2 Å². The van der Waals surface area contributed by atoms with Gasteiger partial charge in [-0.05, 0) is 55.7 Å². The van der Waals surface area contributed by atoms with E-state index >= 15 is 0 Å². The first-order valence-corrected chi connectivity index (χ1v) is 10.9. The van der Waals surface area contributed by atoms with Gasteiger partial charge in [0.15, 0.2) is 0 Å². The van der Waals surface area contributed by atoms with Gasteiger partial charge >= 0.3 is 0 Å². The van der Waals surface area contributed by atoms with Crippen LogP contribution >= 0.6 is 0 Å². The lowest BCUT2D eigenvalue weighted by atomic mass is 10.1. The van der Waals surface area contributed by atoms with Crippen LogP contribution in [0.2, 0.25) is 0 Å². The molecule has 0 radical (unpaired) electrons. The number of nitrogens with one attached hydrogen (secondary N) is 1. The minimum absolute atomic E-state index is 0.0687. The molecule has 1 heterocycles. The highest BCUT2D eigenvalue weighted by molar-refractivity contribution is 7.89. The number of carbonyl (C=O) groups excluding carboxylic acids is 1. The molecule has 0 spiro atoms. The molecule has 0 atom stereocenters. The summed E-state index contributed by atoms with van der Waals surface area (Å²) in [6, 6.07) is 13.3. The van der Waals surface area contributed by atoms with Gasteiger partial charge in [0.1, 0.15) is 0 Å². The quantitative estimate of drug-likeness (QED) is 0.815. The van der Waals surface area contributed by atoms with Gasteiger partial charge in [-0.25, -0.2) is 12.7 Å². The average molecular weight is 413 g/mol. The van der Waals surface area contributed by atoms with Crippen molar-refractivity contribution in [2.75, 3.05) is 37.4 Å². The van der Waals surface area contributed by atoms with Crippen molar-refractivity contribution in [2.24, 2.45) is 0 Å². The second-order valence-corrected chi connectivity index (χ2v) is 9.31. The highest BCUT2D eigenvalue weighted by atomic mass is 32.2. The van der Waals surface area contributed by atoms with Crippen LogP contribution in [-0.2, 0) is 10.0 Å². The standard InChI is InChI=1S/C21H24N4O3S/c1-24(2)29(27,28)18-9-10-20(25-11-4-3-5-12-25)19(14-18)21(26)23-17-8-6-7-16(13-17)15-22/h6-10,13-14H,3-5,11-12H2,1-2H3,(H,23,26). The van der Waals surface area contributed by atoms with E-state index in [0.29, 0.717) is 16.8 Å². The zero-order chi connectivity index (χ0) is 21.0. The second kappa shape index (κ2) is 8.64. The molecular weight excluding hydrogens is 388 g/mol. The number of anilines is 2. The third-order valence-electron chi connectivity index (χ3n) is 4.94. The molecule has 0 unspecified atom stereocenters. The van der Waals surface area contributed by atoms with E-state index in [1.165, 1.54) is 20.2 Å². The summed E-state index contributed by atoms with van der Waals surface area (Å²) in [4.78, 5) is 15.3. The zero-order valence-electron chi connectivity index (χ0n) is 16.6. The molecule has 1 fully saturated rings. The predicted octanol–water partition coefficient (Wildman–Crippen LogP) is 3.05. The van der Waals surface area contributed by atoms with E-state index in [0.717, 1.165) is 42.3 Å². The van der Waals surface area contributed by atoms with E-state index in [9.17, 15) is 13.2 Å². The molecule has 1 saturated heterocycles. The minimum Gasteiger partial charge on any atom is -0.371 e. The maximum absolute atomic E-state index is 13.1. The normalized spacial score (nSPS) is 14.5. The van der Waals surface area contributed by atoms with Gasteiger partial charge in [0, 0.05) is 38.6 Å². The molecule has 29 heavy (non-hydrogen) atoms. The van der Waals surface area contributed by atoms with E-state index < -0.39 is 15.9 Å². The van der Waals surface area contributed by atoms with Crippen molar-refractivity contribution in [1.29, 1.82) is 5.26 Å². The van der Waals surface area contributed by atoms with Crippen molar-refractivity contribution in [3.8, 4) is 6.07 Å². The summed E-state index contributed by atoms with van der Waals surface area (Å²) in [6.45, 7) is 1.65. The number of hydrogen-bond acceptors (Lipinski definition) is 5. The maximum atomic E-state index is 13.1. The topological polar surface area (TPSA) is 93.5 Å². The Hall–Kier alpha value is -2.89. The number of nitrogens with zero attached hydrogens (tertiary/aromatic N) is 3. The Morgan fingerprint density at radius 2 is 1.83 bits per heavy atom. The molecule has 1 amide bonds. The van der Waals surface area contributed by atoms with Crippen LogP contribution in [-0.4, -0.2) is 45.8 Å². The van der Waals surface area contributed by atoms with Gasteiger partial charge in [-0.1, -0.05) is 6.07 Å². The highest BCUT2D eigenvalue weighted by Crippen LogP contribution is 2.28. The van der Waals surface area contributed by atoms with Crippen molar-refractivity contribution in [3.05, 3.63) is 53.6 Å². The molecule has 0 saturated carbocycles. The van der Waals surface area contributed by atoms with Crippen LogP contribution in [0.15, 0.2) is 47.4 Å². The lowest BCUT2D eigenvalue weighted by molar-refractivity contribution is 0.102. The Labute approximate surface area is 171 Å². The smallest absolute Gasteiger partial charge is 0.257 e. The van der Waals surface area contributed by atoms with Crippen LogP contribution in [0.1, 0.15) is 35.2 Å². The van der Waals surface area contributed by atoms with Crippen LogP contribution in [0, 0.1) is 11.3 Å². The van der Waals surface area contributed by atoms with Crippen LogP contribution in [0.4, 0.5) is 11.4 Å². The van der Waals surface area contributed by atoms with E-state index in [1.807, 2.05) is 6.07 Å². The van der Waals surface area contributed by atoms with Crippen molar-refractivity contribution in [2.45, 2.75) is 24.2 Å². The van der Waals surface area contributed by atoms with Gasteiger partial charge in [0.2, 0.25) is 10.0 Å². The van der Waals surface area contributed by atoms with E-state index in [1.54, 1.807) is 36.4 Å². The lowest BCUT2D eigenvalue weighted by Gasteiger charge is -2.30. The minimum atomic E-state index is -3.67. The number of hydrogen-bond donors (Lipinski definition) is 1. The van der Waals surface area contributed by atoms with Crippen molar-refractivity contribution < 1.29 is 13.2 Å². The molecule has 8 heteroatoms. The third kappa shape index (κ3) is 4.58. The van der Waals surface area contributed by atoms with E-state index in [4.69, 9.17) is 5.26 Å². The fourth-order valence-corrected chi connectivity index (χ4v) is 4.27. The first-order chi connectivity index (χ1) is 13.8. The SMILES string of the molecule is CN(C)S(=O)(=O)c1ccc(N2CCCCC2)c(C(=O)Nc2cccc(C#N)c2)c1. The molecule has 0 aliphatic carbocycles. The molecule has 1 N–H and O–H groups in total. The van der Waals surface area contributed by atoms with Gasteiger partial charge in [-0.2, -0.15) is 5.26 Å². The molecule has 1 aliphatic heterocycles. The van der Waals surface area contributed by atoms with Crippen molar-refractivity contribution in [3.63, 3.8) is 0 Å². The lowest BCUT2D eigenvalue weighted by Crippen LogP contribution is -2.32. The van der Waals surface area contributed by atoms with Crippen molar-refractivity contribution >= 4 is 27.3 Å². The summed E-state index contributed by atoms with van der Waals surface area (Å²) in [6.07, 6.45) is 3.21. The molecule has 0 aromatic heterocycles. The number of piperidine rings is 1. The largest absolute Gasteiger partial charge is 0.371 e. The Bertz CT molecular complexity index is 1050. The molecule has 2 aromatic carbocycles. The molecule has 3 rings (SSSR count). The number of sulfonamides is 1. The number of nitriles is 1. The first-order valence-electron chi connectivity index (χ1n) is 9.46. The predicted molar refractivity (Wildman–Crippen MR) is 112 cm³/mol. The monoisotopic (exact) mass is 412 g/mol.